The number of carbonyl (C=O) groups is 1. The Hall–Kier alpha value is -2.18. The lowest BCUT2D eigenvalue weighted by Crippen LogP contribution is -2.53. The van der Waals surface area contributed by atoms with Crippen LogP contribution < -0.4 is 11.1 Å². The lowest BCUT2D eigenvalue weighted by atomic mass is 9.67. The standard InChI is InChI=1S/C11H15N5O2/c12-9(16-18)11(4-2-5-11)10(17)13-7-8-3-1-6-14-15-8/h1,3,6,18H,2,4-5,7H2,(H2,12,16)(H,13,17). The number of nitrogens with zero attached hydrogens (tertiary/aromatic N) is 3. The van der Waals surface area contributed by atoms with Gasteiger partial charge in [0.25, 0.3) is 0 Å². The number of amidine groups is 1. The quantitative estimate of drug-likeness (QED) is 0.301. The maximum absolute atomic E-state index is 12.1. The van der Waals surface area contributed by atoms with Crippen LogP contribution in [0.25, 0.3) is 0 Å². The van der Waals surface area contributed by atoms with Crippen LogP contribution in [0.5, 0.6) is 0 Å². The summed E-state index contributed by atoms with van der Waals surface area (Å²) in [4.78, 5) is 12.1. The number of hydrogen-bond acceptors (Lipinski definition) is 5. The molecule has 1 aliphatic rings. The van der Waals surface area contributed by atoms with Crippen LogP contribution in [0.3, 0.4) is 0 Å². The first kappa shape index (κ1) is 12.3. The Labute approximate surface area is 104 Å². The van der Waals surface area contributed by atoms with E-state index >= 15 is 0 Å². The van der Waals surface area contributed by atoms with E-state index in [4.69, 9.17) is 10.9 Å². The van der Waals surface area contributed by atoms with Crippen LogP contribution in [0.1, 0.15) is 25.0 Å². The summed E-state index contributed by atoms with van der Waals surface area (Å²) in [5, 5.41) is 22.0. The van der Waals surface area contributed by atoms with Crippen molar-refractivity contribution >= 4 is 11.7 Å². The van der Waals surface area contributed by atoms with Gasteiger partial charge in [0.05, 0.1) is 12.2 Å². The van der Waals surface area contributed by atoms with Crippen LogP contribution in [-0.4, -0.2) is 27.1 Å². The Morgan fingerprint density at radius 1 is 1.61 bits per heavy atom. The molecule has 96 valence electrons. The van der Waals surface area contributed by atoms with Crippen molar-refractivity contribution < 1.29 is 10.0 Å². The molecule has 0 bridgehead atoms. The van der Waals surface area contributed by atoms with Crippen molar-refractivity contribution in [2.24, 2.45) is 16.3 Å². The SMILES string of the molecule is N/C(=N/O)C1(C(=O)NCc2cccnn2)CCC1. The van der Waals surface area contributed by atoms with E-state index in [-0.39, 0.29) is 18.3 Å². The van der Waals surface area contributed by atoms with E-state index in [2.05, 4.69) is 20.7 Å². The number of aromatic nitrogens is 2. The summed E-state index contributed by atoms with van der Waals surface area (Å²) < 4.78 is 0. The van der Waals surface area contributed by atoms with E-state index in [1.807, 2.05) is 0 Å². The van der Waals surface area contributed by atoms with Crippen molar-refractivity contribution in [3.05, 3.63) is 24.0 Å². The molecule has 1 aliphatic carbocycles. The Kier molecular flexibility index (Phi) is 3.40. The zero-order chi connectivity index (χ0) is 13.0. The number of nitrogens with two attached hydrogens (primary N) is 1. The van der Waals surface area contributed by atoms with Crippen molar-refractivity contribution in [3.63, 3.8) is 0 Å². The zero-order valence-corrected chi connectivity index (χ0v) is 9.83. The minimum atomic E-state index is -0.850. The van der Waals surface area contributed by atoms with E-state index < -0.39 is 5.41 Å². The van der Waals surface area contributed by atoms with Gasteiger partial charge in [0.2, 0.25) is 5.91 Å². The molecule has 18 heavy (non-hydrogen) atoms. The lowest BCUT2D eigenvalue weighted by Gasteiger charge is -2.38. The fraction of sp³-hybridized carbons (Fsp3) is 0.455. The molecule has 1 amide bonds. The molecule has 1 saturated carbocycles. The molecule has 0 aliphatic heterocycles. The Morgan fingerprint density at radius 2 is 2.39 bits per heavy atom. The van der Waals surface area contributed by atoms with Gasteiger partial charge < -0.3 is 16.3 Å². The normalized spacial score (nSPS) is 17.9. The third-order valence-electron chi connectivity index (χ3n) is 3.30. The number of rotatable bonds is 4. The molecule has 7 heteroatoms. The van der Waals surface area contributed by atoms with Gasteiger partial charge in [-0.3, -0.25) is 4.79 Å². The van der Waals surface area contributed by atoms with Gasteiger partial charge in [-0.1, -0.05) is 11.6 Å². The van der Waals surface area contributed by atoms with Crippen molar-refractivity contribution in [3.8, 4) is 0 Å². The molecule has 2 rings (SSSR count). The smallest absolute Gasteiger partial charge is 0.234 e. The highest BCUT2D eigenvalue weighted by Crippen LogP contribution is 2.41. The fourth-order valence-electron chi connectivity index (χ4n) is 1.99. The topological polar surface area (TPSA) is 113 Å². The third kappa shape index (κ3) is 2.11. The number of oxime groups is 1. The molecule has 4 N–H and O–H groups in total. The van der Waals surface area contributed by atoms with Gasteiger partial charge >= 0.3 is 0 Å². The zero-order valence-electron chi connectivity index (χ0n) is 9.83. The minimum Gasteiger partial charge on any atom is -0.409 e. The molecule has 0 radical (unpaired) electrons. The average Bonchev–Trinajstić information content (AvgIpc) is 2.36. The van der Waals surface area contributed by atoms with Crippen LogP contribution in [0.15, 0.2) is 23.5 Å². The molecule has 0 saturated heterocycles. The van der Waals surface area contributed by atoms with Gasteiger partial charge in [-0.2, -0.15) is 10.2 Å². The largest absolute Gasteiger partial charge is 0.409 e. The summed E-state index contributed by atoms with van der Waals surface area (Å²) in [5.41, 5.74) is 5.41. The van der Waals surface area contributed by atoms with Crippen LogP contribution in [-0.2, 0) is 11.3 Å². The van der Waals surface area contributed by atoms with Crippen LogP contribution in [0, 0.1) is 5.41 Å². The second-order valence-corrected chi connectivity index (χ2v) is 4.32. The van der Waals surface area contributed by atoms with Crippen LogP contribution in [0.2, 0.25) is 0 Å². The average molecular weight is 249 g/mol. The molecule has 0 aromatic carbocycles. The van der Waals surface area contributed by atoms with E-state index in [1.54, 1.807) is 18.3 Å². The van der Waals surface area contributed by atoms with Crippen LogP contribution >= 0.6 is 0 Å². The van der Waals surface area contributed by atoms with E-state index in [9.17, 15) is 4.79 Å². The maximum Gasteiger partial charge on any atom is 0.234 e. The highest BCUT2D eigenvalue weighted by Gasteiger charge is 2.48. The highest BCUT2D eigenvalue weighted by molar-refractivity contribution is 6.07. The predicted molar refractivity (Wildman–Crippen MR) is 63.6 cm³/mol. The minimum absolute atomic E-state index is 0.0228. The maximum atomic E-state index is 12.1. The van der Waals surface area contributed by atoms with Gasteiger partial charge in [-0.05, 0) is 25.0 Å². The lowest BCUT2D eigenvalue weighted by molar-refractivity contribution is -0.131. The summed E-state index contributed by atoms with van der Waals surface area (Å²) in [6.45, 7) is 0.285. The second-order valence-electron chi connectivity index (χ2n) is 4.32. The number of hydrogen-bond donors (Lipinski definition) is 3. The summed E-state index contributed by atoms with van der Waals surface area (Å²) in [6.07, 6.45) is 3.67. The molecular formula is C11H15N5O2. The molecule has 1 aromatic rings. The van der Waals surface area contributed by atoms with Crippen LogP contribution in [0.4, 0.5) is 0 Å². The first-order chi connectivity index (χ1) is 8.69. The molecule has 0 unspecified atom stereocenters. The van der Waals surface area contributed by atoms with E-state index in [1.165, 1.54) is 0 Å². The third-order valence-corrected chi connectivity index (χ3v) is 3.30. The number of amides is 1. The molecule has 1 aromatic heterocycles. The Morgan fingerprint density at radius 3 is 2.89 bits per heavy atom. The summed E-state index contributed by atoms with van der Waals surface area (Å²) in [5.74, 6) is -0.250. The number of nitrogens with one attached hydrogen (secondary N) is 1. The number of carbonyl (C=O) groups excluding carboxylic acids is 1. The van der Waals surface area contributed by atoms with Crippen molar-refractivity contribution in [1.29, 1.82) is 0 Å². The van der Waals surface area contributed by atoms with E-state index in [0.29, 0.717) is 18.5 Å². The Bertz CT molecular complexity index is 456. The first-order valence-electron chi connectivity index (χ1n) is 5.72. The second kappa shape index (κ2) is 4.99. The molecule has 0 atom stereocenters. The first-order valence-corrected chi connectivity index (χ1v) is 5.72. The summed E-state index contributed by atoms with van der Waals surface area (Å²) in [6, 6.07) is 3.52. The van der Waals surface area contributed by atoms with Gasteiger partial charge in [0.15, 0.2) is 5.84 Å². The van der Waals surface area contributed by atoms with Gasteiger partial charge in [-0.15, -0.1) is 0 Å². The van der Waals surface area contributed by atoms with Crippen molar-refractivity contribution in [1.82, 2.24) is 15.5 Å². The van der Waals surface area contributed by atoms with Crippen molar-refractivity contribution in [2.45, 2.75) is 25.8 Å². The van der Waals surface area contributed by atoms with Gasteiger partial charge in [0, 0.05) is 6.20 Å². The highest BCUT2D eigenvalue weighted by atomic mass is 16.4. The monoisotopic (exact) mass is 249 g/mol. The molecule has 7 nitrogen and oxygen atoms in total. The predicted octanol–water partition coefficient (Wildman–Crippen LogP) is 0.00950. The Balaban J connectivity index is 1.99. The fourth-order valence-corrected chi connectivity index (χ4v) is 1.99. The molecule has 1 heterocycles. The molecule has 0 spiro atoms. The molecule has 1 fully saturated rings. The summed E-state index contributed by atoms with van der Waals surface area (Å²) >= 11 is 0. The van der Waals surface area contributed by atoms with Crippen molar-refractivity contribution in [2.75, 3.05) is 0 Å². The molecular weight excluding hydrogens is 234 g/mol. The summed E-state index contributed by atoms with van der Waals surface area (Å²) in [7, 11) is 0. The van der Waals surface area contributed by atoms with Gasteiger partial charge in [-0.25, -0.2) is 0 Å². The van der Waals surface area contributed by atoms with E-state index in [0.717, 1.165) is 6.42 Å². The van der Waals surface area contributed by atoms with Gasteiger partial charge in [0.1, 0.15) is 5.41 Å².